The number of ether oxygens (including phenoxy) is 1. The van der Waals surface area contributed by atoms with Gasteiger partial charge in [0.2, 0.25) is 0 Å². The Morgan fingerprint density at radius 2 is 2.27 bits per heavy atom. The van der Waals surface area contributed by atoms with Crippen LogP contribution in [0.2, 0.25) is 0 Å². The van der Waals surface area contributed by atoms with E-state index >= 15 is 0 Å². The molecule has 1 rings (SSSR count). The third-order valence-corrected chi connectivity index (χ3v) is 2.17. The van der Waals surface area contributed by atoms with Crippen molar-refractivity contribution in [1.29, 1.82) is 5.26 Å². The Morgan fingerprint density at radius 3 is 2.80 bits per heavy atom. The van der Waals surface area contributed by atoms with E-state index in [1.54, 1.807) is 6.07 Å². The maximum Gasteiger partial charge on any atom is 0.310 e. The molecule has 0 aliphatic carbocycles. The van der Waals surface area contributed by atoms with Crippen molar-refractivity contribution in [2.75, 3.05) is 19.8 Å². The van der Waals surface area contributed by atoms with Gasteiger partial charge in [0.25, 0.3) is 0 Å². The molecule has 0 aromatic carbocycles. The highest BCUT2D eigenvalue weighted by atomic mass is 16.5. The molecule has 1 unspecified atom stereocenters. The van der Waals surface area contributed by atoms with Gasteiger partial charge in [0.05, 0.1) is 18.2 Å². The molecule has 0 aromatic heterocycles. The zero-order valence-electron chi connectivity index (χ0n) is 8.50. The molecular weight excluding hydrogens is 198 g/mol. The Hall–Kier alpha value is -1.61. The van der Waals surface area contributed by atoms with Crippen LogP contribution in [0.3, 0.4) is 0 Å². The number of nitriles is 1. The molecule has 1 atom stereocenters. The highest BCUT2D eigenvalue weighted by Crippen LogP contribution is 2.16. The standard InChI is InChI=1S/C9H13N3O3/c1-9(2-5-15-6-9)12-8(14)7(13)11-4-3-10/h2,4-6H2,1H3,(H,11,13)(H,12,14). The van der Waals surface area contributed by atoms with Crippen LogP contribution in [0.15, 0.2) is 0 Å². The van der Waals surface area contributed by atoms with Crippen LogP contribution in [0.5, 0.6) is 0 Å². The average Bonchev–Trinajstić information content (AvgIpc) is 2.61. The normalized spacial score (nSPS) is 24.3. The summed E-state index contributed by atoms with van der Waals surface area (Å²) in [6.45, 7) is 2.63. The Morgan fingerprint density at radius 1 is 1.53 bits per heavy atom. The molecule has 0 spiro atoms. The van der Waals surface area contributed by atoms with Gasteiger partial charge in [-0.2, -0.15) is 5.26 Å². The van der Waals surface area contributed by atoms with E-state index in [-0.39, 0.29) is 6.54 Å². The zero-order chi connectivity index (χ0) is 11.3. The summed E-state index contributed by atoms with van der Waals surface area (Å²) in [4.78, 5) is 22.4. The maximum atomic E-state index is 11.3. The SMILES string of the molecule is CC1(NC(=O)C(=O)NCC#N)CCOC1. The first-order valence-electron chi connectivity index (χ1n) is 4.62. The van der Waals surface area contributed by atoms with E-state index in [1.165, 1.54) is 0 Å². The van der Waals surface area contributed by atoms with Crippen LogP contribution in [0.1, 0.15) is 13.3 Å². The van der Waals surface area contributed by atoms with Crippen LogP contribution in [0.4, 0.5) is 0 Å². The molecule has 0 aromatic rings. The maximum absolute atomic E-state index is 11.3. The van der Waals surface area contributed by atoms with Gasteiger partial charge < -0.3 is 15.4 Å². The number of hydrogen-bond donors (Lipinski definition) is 2. The van der Waals surface area contributed by atoms with Gasteiger partial charge >= 0.3 is 11.8 Å². The zero-order valence-corrected chi connectivity index (χ0v) is 8.50. The molecule has 1 saturated heterocycles. The first-order valence-corrected chi connectivity index (χ1v) is 4.62. The highest BCUT2D eigenvalue weighted by Gasteiger charge is 2.32. The summed E-state index contributed by atoms with van der Waals surface area (Å²) >= 11 is 0. The van der Waals surface area contributed by atoms with Crippen molar-refractivity contribution < 1.29 is 14.3 Å². The second kappa shape index (κ2) is 4.75. The molecule has 0 bridgehead atoms. The van der Waals surface area contributed by atoms with Gasteiger partial charge in [-0.15, -0.1) is 0 Å². The van der Waals surface area contributed by atoms with Gasteiger partial charge in [0.15, 0.2) is 0 Å². The first kappa shape index (κ1) is 11.5. The molecule has 0 radical (unpaired) electrons. The number of nitrogens with zero attached hydrogens (tertiary/aromatic N) is 1. The van der Waals surface area contributed by atoms with Crippen molar-refractivity contribution >= 4 is 11.8 Å². The molecular formula is C9H13N3O3. The minimum absolute atomic E-state index is 0.167. The van der Waals surface area contributed by atoms with Gasteiger partial charge in [0.1, 0.15) is 6.54 Å². The second-order valence-corrected chi connectivity index (χ2v) is 3.66. The Bertz CT molecular complexity index is 302. The third-order valence-electron chi connectivity index (χ3n) is 2.17. The van der Waals surface area contributed by atoms with E-state index in [9.17, 15) is 9.59 Å². The lowest BCUT2D eigenvalue weighted by Gasteiger charge is -2.22. The summed E-state index contributed by atoms with van der Waals surface area (Å²) < 4.78 is 5.12. The van der Waals surface area contributed by atoms with Crippen molar-refractivity contribution in [2.45, 2.75) is 18.9 Å². The van der Waals surface area contributed by atoms with Gasteiger partial charge in [-0.05, 0) is 13.3 Å². The van der Waals surface area contributed by atoms with Crippen LogP contribution in [-0.2, 0) is 14.3 Å². The molecule has 1 fully saturated rings. The van der Waals surface area contributed by atoms with Crippen LogP contribution in [0, 0.1) is 11.3 Å². The van der Waals surface area contributed by atoms with Crippen molar-refractivity contribution in [3.05, 3.63) is 0 Å². The minimum atomic E-state index is -0.787. The van der Waals surface area contributed by atoms with Crippen molar-refractivity contribution in [1.82, 2.24) is 10.6 Å². The lowest BCUT2D eigenvalue weighted by Crippen LogP contribution is -2.51. The van der Waals surface area contributed by atoms with E-state index in [4.69, 9.17) is 10.00 Å². The number of nitrogens with one attached hydrogen (secondary N) is 2. The number of carbonyl (C=O) groups excluding carboxylic acids is 2. The summed E-state index contributed by atoms with van der Waals surface area (Å²) in [5.41, 5.74) is -0.471. The predicted octanol–water partition coefficient (Wildman–Crippen LogP) is -1.08. The van der Waals surface area contributed by atoms with Crippen molar-refractivity contribution in [3.8, 4) is 6.07 Å². The van der Waals surface area contributed by atoms with Gasteiger partial charge in [-0.1, -0.05) is 0 Å². The number of carbonyl (C=O) groups is 2. The van der Waals surface area contributed by atoms with E-state index in [2.05, 4.69) is 10.6 Å². The molecule has 1 aliphatic rings. The Balaban J connectivity index is 2.41. The topological polar surface area (TPSA) is 91.2 Å². The van der Waals surface area contributed by atoms with Crippen molar-refractivity contribution in [2.24, 2.45) is 0 Å². The summed E-state index contributed by atoms with van der Waals surface area (Å²) in [5, 5.41) is 13.0. The van der Waals surface area contributed by atoms with Crippen LogP contribution in [-0.4, -0.2) is 37.1 Å². The third kappa shape index (κ3) is 3.22. The highest BCUT2D eigenvalue weighted by molar-refractivity contribution is 6.35. The minimum Gasteiger partial charge on any atom is -0.379 e. The number of rotatable bonds is 2. The molecule has 82 valence electrons. The summed E-state index contributed by atoms with van der Waals surface area (Å²) in [7, 11) is 0. The van der Waals surface area contributed by atoms with E-state index < -0.39 is 17.4 Å². The first-order chi connectivity index (χ1) is 7.07. The van der Waals surface area contributed by atoms with E-state index in [1.807, 2.05) is 6.92 Å². The summed E-state index contributed by atoms with van der Waals surface area (Å²) in [5.74, 6) is -1.51. The summed E-state index contributed by atoms with van der Waals surface area (Å²) in [6, 6.07) is 1.72. The van der Waals surface area contributed by atoms with Crippen molar-refractivity contribution in [3.63, 3.8) is 0 Å². The van der Waals surface area contributed by atoms with Crippen LogP contribution in [0.25, 0.3) is 0 Å². The number of amides is 2. The van der Waals surface area contributed by atoms with Gasteiger partial charge in [0, 0.05) is 6.61 Å². The molecule has 0 saturated carbocycles. The van der Waals surface area contributed by atoms with Gasteiger partial charge in [-0.25, -0.2) is 0 Å². The monoisotopic (exact) mass is 211 g/mol. The Labute approximate surface area is 87.6 Å². The smallest absolute Gasteiger partial charge is 0.310 e. The molecule has 2 amide bonds. The molecule has 15 heavy (non-hydrogen) atoms. The molecule has 2 N–H and O–H groups in total. The fourth-order valence-corrected chi connectivity index (χ4v) is 1.30. The Kier molecular flexibility index (Phi) is 3.63. The van der Waals surface area contributed by atoms with E-state index in [0.29, 0.717) is 19.6 Å². The molecule has 6 heteroatoms. The number of hydrogen-bond acceptors (Lipinski definition) is 4. The quantitative estimate of drug-likeness (QED) is 0.449. The lowest BCUT2D eigenvalue weighted by atomic mass is 10.0. The fourth-order valence-electron chi connectivity index (χ4n) is 1.30. The predicted molar refractivity (Wildman–Crippen MR) is 50.6 cm³/mol. The molecule has 1 aliphatic heterocycles. The molecule has 1 heterocycles. The average molecular weight is 211 g/mol. The van der Waals surface area contributed by atoms with Gasteiger partial charge in [-0.3, -0.25) is 9.59 Å². The molecule has 6 nitrogen and oxygen atoms in total. The fraction of sp³-hybridized carbons (Fsp3) is 0.667. The van der Waals surface area contributed by atoms with Crippen LogP contribution >= 0.6 is 0 Å². The van der Waals surface area contributed by atoms with Crippen LogP contribution < -0.4 is 10.6 Å². The second-order valence-electron chi connectivity index (χ2n) is 3.66. The largest absolute Gasteiger partial charge is 0.379 e. The van der Waals surface area contributed by atoms with E-state index in [0.717, 1.165) is 0 Å². The lowest BCUT2D eigenvalue weighted by molar-refractivity contribution is -0.140. The summed E-state index contributed by atoms with van der Waals surface area (Å²) in [6.07, 6.45) is 0.685.